The minimum absolute atomic E-state index is 0.804. The molecule has 2 aromatic rings. The van der Waals surface area contributed by atoms with Crippen molar-refractivity contribution in [2.45, 2.75) is 0 Å². The Morgan fingerprint density at radius 2 is 1.21 bits per heavy atom. The van der Waals surface area contributed by atoms with Gasteiger partial charge in [0.1, 0.15) is 0 Å². The molecule has 0 saturated heterocycles. The van der Waals surface area contributed by atoms with Crippen LogP contribution in [-0.2, 0) is 0 Å². The number of nitrogens with zero attached hydrogens (tertiary/aromatic N) is 4. The first-order chi connectivity index (χ1) is 6.95. The molecule has 4 nitrogen and oxygen atoms in total. The third kappa shape index (κ3) is 2.20. The second-order valence-corrected chi connectivity index (χ2v) is 2.59. The molecule has 2 aromatic heterocycles. The predicted octanol–water partition coefficient (Wildman–Crippen LogP) is 1.44. The lowest BCUT2D eigenvalue weighted by atomic mass is 10.3. The van der Waals surface area contributed by atoms with Gasteiger partial charge in [-0.25, -0.2) is 0 Å². The van der Waals surface area contributed by atoms with Crippen LogP contribution in [0.2, 0.25) is 0 Å². The zero-order chi connectivity index (χ0) is 9.64. The van der Waals surface area contributed by atoms with Crippen LogP contribution in [0.5, 0.6) is 0 Å². The molecule has 0 aromatic carbocycles. The Labute approximate surface area is 81.4 Å². The van der Waals surface area contributed by atoms with E-state index in [4.69, 9.17) is 0 Å². The summed E-state index contributed by atoms with van der Waals surface area (Å²) in [4.78, 5) is 16.1. The van der Waals surface area contributed by atoms with Crippen LogP contribution < -0.4 is 0 Å². The third-order valence-electron chi connectivity index (χ3n) is 1.59. The Bertz CT molecular complexity index is 369. The van der Waals surface area contributed by atoms with Crippen LogP contribution in [0.1, 0.15) is 11.4 Å². The average molecular weight is 184 g/mol. The number of aromatic nitrogens is 4. The van der Waals surface area contributed by atoms with Crippen LogP contribution in [0.15, 0.2) is 37.2 Å². The second kappa shape index (κ2) is 4.23. The SMILES string of the molecule is C(=C\c1cnccn1)/c1cnccn1. The summed E-state index contributed by atoms with van der Waals surface area (Å²) < 4.78 is 0. The summed E-state index contributed by atoms with van der Waals surface area (Å²) in [6.45, 7) is 0. The number of rotatable bonds is 2. The van der Waals surface area contributed by atoms with Crippen LogP contribution in [0.3, 0.4) is 0 Å². The van der Waals surface area contributed by atoms with E-state index in [1.807, 2.05) is 12.2 Å². The Balaban J connectivity index is 2.16. The summed E-state index contributed by atoms with van der Waals surface area (Å²) in [6, 6.07) is 0. The molecule has 68 valence electrons. The summed E-state index contributed by atoms with van der Waals surface area (Å²) in [7, 11) is 0. The van der Waals surface area contributed by atoms with Gasteiger partial charge < -0.3 is 0 Å². The van der Waals surface area contributed by atoms with Crippen molar-refractivity contribution in [1.29, 1.82) is 0 Å². The molecule has 0 atom stereocenters. The molecule has 2 rings (SSSR count). The van der Waals surface area contributed by atoms with Crippen LogP contribution in [0, 0.1) is 0 Å². The van der Waals surface area contributed by atoms with Crippen molar-refractivity contribution in [3.05, 3.63) is 48.6 Å². The smallest absolute Gasteiger partial charge is 0.0813 e. The van der Waals surface area contributed by atoms with E-state index in [9.17, 15) is 0 Å². The first-order valence-electron chi connectivity index (χ1n) is 4.15. The van der Waals surface area contributed by atoms with Gasteiger partial charge in [-0.3, -0.25) is 19.9 Å². The fourth-order valence-corrected chi connectivity index (χ4v) is 0.964. The summed E-state index contributed by atoms with van der Waals surface area (Å²) in [5.74, 6) is 0. The quantitative estimate of drug-likeness (QED) is 0.708. The lowest BCUT2D eigenvalue weighted by Crippen LogP contribution is -1.82. The highest BCUT2D eigenvalue weighted by Gasteiger charge is 1.87. The van der Waals surface area contributed by atoms with Crippen molar-refractivity contribution in [2.75, 3.05) is 0 Å². The van der Waals surface area contributed by atoms with Gasteiger partial charge in [0.2, 0.25) is 0 Å². The van der Waals surface area contributed by atoms with E-state index in [0.717, 1.165) is 11.4 Å². The molecule has 0 radical (unpaired) electrons. The summed E-state index contributed by atoms with van der Waals surface area (Å²) in [5.41, 5.74) is 1.61. The van der Waals surface area contributed by atoms with Crippen LogP contribution in [0.25, 0.3) is 12.2 Å². The molecule has 0 aliphatic carbocycles. The molecule has 2 heterocycles. The fraction of sp³-hybridized carbons (Fsp3) is 0. The standard InChI is InChI=1S/C10H8N4/c1(9-7-11-3-5-13-9)2-10-8-12-4-6-14-10/h1-8H/b2-1+. The molecular weight excluding hydrogens is 176 g/mol. The molecule has 0 aliphatic heterocycles. The van der Waals surface area contributed by atoms with Crippen LogP contribution in [-0.4, -0.2) is 19.9 Å². The van der Waals surface area contributed by atoms with Gasteiger partial charge in [0.15, 0.2) is 0 Å². The molecule has 0 fully saturated rings. The Kier molecular flexibility index (Phi) is 2.56. The highest BCUT2D eigenvalue weighted by molar-refractivity contribution is 5.65. The first kappa shape index (κ1) is 8.50. The maximum absolute atomic E-state index is 4.10. The molecule has 0 spiro atoms. The zero-order valence-corrected chi connectivity index (χ0v) is 7.41. The van der Waals surface area contributed by atoms with E-state index in [1.165, 1.54) is 0 Å². The molecule has 14 heavy (non-hydrogen) atoms. The Hall–Kier alpha value is -2.10. The van der Waals surface area contributed by atoms with Crippen LogP contribution in [0.4, 0.5) is 0 Å². The molecule has 4 heteroatoms. The maximum Gasteiger partial charge on any atom is 0.0813 e. The molecule has 0 amide bonds. The zero-order valence-electron chi connectivity index (χ0n) is 7.41. The van der Waals surface area contributed by atoms with Gasteiger partial charge in [-0.05, 0) is 12.2 Å². The van der Waals surface area contributed by atoms with Gasteiger partial charge in [-0.1, -0.05) is 0 Å². The van der Waals surface area contributed by atoms with E-state index >= 15 is 0 Å². The molecule has 0 N–H and O–H groups in total. The molecule has 0 aliphatic rings. The van der Waals surface area contributed by atoms with Crippen molar-refractivity contribution in [3.8, 4) is 0 Å². The van der Waals surface area contributed by atoms with Crippen molar-refractivity contribution in [1.82, 2.24) is 19.9 Å². The van der Waals surface area contributed by atoms with Gasteiger partial charge in [0, 0.05) is 24.8 Å². The van der Waals surface area contributed by atoms with Crippen molar-refractivity contribution < 1.29 is 0 Å². The van der Waals surface area contributed by atoms with Crippen LogP contribution >= 0.6 is 0 Å². The number of hydrogen-bond acceptors (Lipinski definition) is 4. The lowest BCUT2D eigenvalue weighted by Gasteiger charge is -1.90. The van der Waals surface area contributed by atoms with Crippen molar-refractivity contribution >= 4 is 12.2 Å². The molecule has 0 saturated carbocycles. The lowest BCUT2D eigenvalue weighted by molar-refractivity contribution is 1.17. The Morgan fingerprint density at radius 1 is 0.714 bits per heavy atom. The highest BCUT2D eigenvalue weighted by Crippen LogP contribution is 1.99. The highest BCUT2D eigenvalue weighted by atomic mass is 14.8. The normalized spacial score (nSPS) is 10.6. The van der Waals surface area contributed by atoms with Crippen molar-refractivity contribution in [3.63, 3.8) is 0 Å². The topological polar surface area (TPSA) is 51.6 Å². The Morgan fingerprint density at radius 3 is 1.57 bits per heavy atom. The monoisotopic (exact) mass is 184 g/mol. The average Bonchev–Trinajstić information content (AvgIpc) is 2.29. The predicted molar refractivity (Wildman–Crippen MR) is 53.0 cm³/mol. The van der Waals surface area contributed by atoms with Gasteiger partial charge in [0.05, 0.1) is 23.8 Å². The minimum Gasteiger partial charge on any atom is -0.261 e. The van der Waals surface area contributed by atoms with Gasteiger partial charge in [0.25, 0.3) is 0 Å². The molecule has 0 unspecified atom stereocenters. The third-order valence-corrected chi connectivity index (χ3v) is 1.59. The number of hydrogen-bond donors (Lipinski definition) is 0. The molecular formula is C10H8N4. The van der Waals surface area contributed by atoms with E-state index < -0.39 is 0 Å². The molecule has 0 bridgehead atoms. The maximum atomic E-state index is 4.10. The largest absolute Gasteiger partial charge is 0.261 e. The first-order valence-corrected chi connectivity index (χ1v) is 4.15. The summed E-state index contributed by atoms with van der Waals surface area (Å²) >= 11 is 0. The second-order valence-electron chi connectivity index (χ2n) is 2.59. The fourth-order valence-electron chi connectivity index (χ4n) is 0.964. The van der Waals surface area contributed by atoms with E-state index in [0.29, 0.717) is 0 Å². The van der Waals surface area contributed by atoms with E-state index in [-0.39, 0.29) is 0 Å². The van der Waals surface area contributed by atoms with Gasteiger partial charge in [-0.2, -0.15) is 0 Å². The van der Waals surface area contributed by atoms with Gasteiger partial charge >= 0.3 is 0 Å². The minimum atomic E-state index is 0.804. The van der Waals surface area contributed by atoms with E-state index in [1.54, 1.807) is 37.2 Å². The van der Waals surface area contributed by atoms with Crippen molar-refractivity contribution in [2.24, 2.45) is 0 Å². The summed E-state index contributed by atoms with van der Waals surface area (Å²) in [5, 5.41) is 0. The summed E-state index contributed by atoms with van der Waals surface area (Å²) in [6.07, 6.45) is 13.6. The van der Waals surface area contributed by atoms with E-state index in [2.05, 4.69) is 19.9 Å². The van der Waals surface area contributed by atoms with Gasteiger partial charge in [-0.15, -0.1) is 0 Å².